The number of aromatic nitrogens is 3. The summed E-state index contributed by atoms with van der Waals surface area (Å²) in [5.74, 6) is 0.387. The number of carbonyl (C=O) groups is 1. The monoisotopic (exact) mass is 563 g/mol. The minimum absolute atomic E-state index is 0.0739. The van der Waals surface area contributed by atoms with E-state index in [4.69, 9.17) is 46.4 Å². The van der Waals surface area contributed by atoms with Gasteiger partial charge in [-0.1, -0.05) is 64.2 Å². The number of hydrogen-bond donors (Lipinski definition) is 1. The summed E-state index contributed by atoms with van der Waals surface area (Å²) in [6, 6.07) is 19.7. The van der Waals surface area contributed by atoms with E-state index in [9.17, 15) is 4.79 Å². The van der Waals surface area contributed by atoms with Gasteiger partial charge in [0.2, 0.25) is 0 Å². The van der Waals surface area contributed by atoms with Gasteiger partial charge in [0.05, 0.1) is 21.5 Å². The average Bonchev–Trinajstić information content (AvgIpc) is 3.27. The second kappa shape index (κ2) is 11.5. The summed E-state index contributed by atoms with van der Waals surface area (Å²) < 4.78 is 1.86. The van der Waals surface area contributed by atoms with Crippen LogP contribution < -0.4 is 5.43 Å². The van der Waals surface area contributed by atoms with E-state index in [0.717, 1.165) is 16.8 Å². The summed E-state index contributed by atoms with van der Waals surface area (Å²) in [6.45, 7) is 1.77. The van der Waals surface area contributed by atoms with Crippen LogP contribution >= 0.6 is 58.2 Å². The number of benzene rings is 3. The molecular weight excluding hydrogens is 548 g/mol. The van der Waals surface area contributed by atoms with Crippen LogP contribution in [0.3, 0.4) is 0 Å². The summed E-state index contributed by atoms with van der Waals surface area (Å²) in [5.41, 5.74) is 5.54. The molecule has 0 aliphatic carbocycles. The molecule has 1 heterocycles. The predicted molar refractivity (Wildman–Crippen MR) is 144 cm³/mol. The minimum Gasteiger partial charge on any atom is -0.272 e. The standard InChI is InChI=1S/C24H17Cl4N5OS/c1-14(16-4-11-20(27)21(28)12-16)29-30-22(34)13-35-24-32-31-23(15-2-5-17(25)6-3-15)33(24)19-9-7-18(26)8-10-19/h2-12H,13H2,1H3,(H,30,34). The van der Waals surface area contributed by atoms with Gasteiger partial charge in [0.1, 0.15) is 0 Å². The average molecular weight is 565 g/mol. The third-order valence-corrected chi connectivity index (χ3v) is 7.01. The van der Waals surface area contributed by atoms with Crippen molar-refractivity contribution in [1.29, 1.82) is 0 Å². The molecule has 0 bridgehead atoms. The number of carbonyl (C=O) groups excluding carboxylic acids is 1. The Morgan fingerprint density at radius 3 is 2.23 bits per heavy atom. The molecule has 0 aliphatic heterocycles. The zero-order valence-corrected chi connectivity index (χ0v) is 22.0. The van der Waals surface area contributed by atoms with Gasteiger partial charge >= 0.3 is 0 Å². The molecule has 0 saturated heterocycles. The van der Waals surface area contributed by atoms with Crippen LogP contribution in [0.2, 0.25) is 20.1 Å². The third-order valence-electron chi connectivity index (χ3n) is 4.84. The molecular formula is C24H17Cl4N5OS. The highest BCUT2D eigenvalue weighted by atomic mass is 35.5. The van der Waals surface area contributed by atoms with E-state index in [1.54, 1.807) is 49.4 Å². The smallest absolute Gasteiger partial charge is 0.250 e. The number of nitrogens with zero attached hydrogens (tertiary/aromatic N) is 4. The minimum atomic E-state index is -0.298. The second-order valence-corrected chi connectivity index (χ2v) is 9.90. The molecule has 0 fully saturated rings. The van der Waals surface area contributed by atoms with E-state index in [1.165, 1.54) is 11.8 Å². The topological polar surface area (TPSA) is 72.2 Å². The highest BCUT2D eigenvalue weighted by Crippen LogP contribution is 2.29. The number of rotatable bonds is 7. The van der Waals surface area contributed by atoms with Gasteiger partial charge in [0.25, 0.3) is 5.91 Å². The number of amides is 1. The van der Waals surface area contributed by atoms with Crippen LogP contribution in [0.25, 0.3) is 17.1 Å². The fourth-order valence-corrected chi connectivity index (χ4v) is 4.36. The summed E-state index contributed by atoms with van der Waals surface area (Å²) in [5, 5.41) is 15.5. The van der Waals surface area contributed by atoms with E-state index in [2.05, 4.69) is 20.7 Å². The van der Waals surface area contributed by atoms with Crippen molar-refractivity contribution in [1.82, 2.24) is 20.2 Å². The predicted octanol–water partition coefficient (Wildman–Crippen LogP) is 7.18. The molecule has 0 spiro atoms. The van der Waals surface area contributed by atoms with Crippen molar-refractivity contribution < 1.29 is 4.79 Å². The highest BCUT2D eigenvalue weighted by molar-refractivity contribution is 7.99. The second-order valence-electron chi connectivity index (χ2n) is 7.27. The van der Waals surface area contributed by atoms with E-state index < -0.39 is 0 Å². The summed E-state index contributed by atoms with van der Waals surface area (Å²) in [6.07, 6.45) is 0. The molecule has 178 valence electrons. The molecule has 6 nitrogen and oxygen atoms in total. The van der Waals surface area contributed by atoms with Crippen molar-refractivity contribution in [3.63, 3.8) is 0 Å². The molecule has 0 atom stereocenters. The lowest BCUT2D eigenvalue weighted by molar-refractivity contribution is -0.118. The maximum atomic E-state index is 12.5. The lowest BCUT2D eigenvalue weighted by atomic mass is 10.1. The Bertz CT molecular complexity index is 1390. The summed E-state index contributed by atoms with van der Waals surface area (Å²) in [7, 11) is 0. The van der Waals surface area contributed by atoms with E-state index in [1.807, 2.05) is 28.8 Å². The molecule has 0 unspecified atom stereocenters. The first-order valence-electron chi connectivity index (χ1n) is 10.2. The van der Waals surface area contributed by atoms with Gasteiger partial charge in [-0.25, -0.2) is 5.43 Å². The molecule has 0 radical (unpaired) electrons. The van der Waals surface area contributed by atoms with E-state index >= 15 is 0 Å². The van der Waals surface area contributed by atoms with Gasteiger partial charge in [-0.2, -0.15) is 5.10 Å². The maximum Gasteiger partial charge on any atom is 0.250 e. The van der Waals surface area contributed by atoms with Gasteiger partial charge in [0, 0.05) is 21.3 Å². The quantitative estimate of drug-likeness (QED) is 0.146. The normalized spacial score (nSPS) is 11.5. The van der Waals surface area contributed by atoms with Gasteiger partial charge in [-0.05, 0) is 73.2 Å². The van der Waals surface area contributed by atoms with Crippen LogP contribution in [-0.2, 0) is 4.79 Å². The number of thioether (sulfide) groups is 1. The van der Waals surface area contributed by atoms with Crippen molar-refractivity contribution in [2.24, 2.45) is 5.10 Å². The molecule has 4 aromatic rings. The number of halogens is 4. The first-order chi connectivity index (χ1) is 16.8. The van der Waals surface area contributed by atoms with Crippen LogP contribution in [0.4, 0.5) is 0 Å². The van der Waals surface area contributed by atoms with Crippen molar-refractivity contribution in [2.45, 2.75) is 12.1 Å². The van der Waals surface area contributed by atoms with Crippen molar-refractivity contribution in [3.05, 3.63) is 92.4 Å². The first-order valence-corrected chi connectivity index (χ1v) is 12.7. The number of nitrogens with one attached hydrogen (secondary N) is 1. The maximum absolute atomic E-state index is 12.5. The molecule has 3 aromatic carbocycles. The number of hydrazone groups is 1. The lowest BCUT2D eigenvalue weighted by Gasteiger charge is -2.10. The first kappa shape index (κ1) is 25.5. The van der Waals surface area contributed by atoms with Crippen molar-refractivity contribution in [3.8, 4) is 17.1 Å². The lowest BCUT2D eigenvalue weighted by Crippen LogP contribution is -2.21. The molecule has 1 N–H and O–H groups in total. The Hall–Kier alpha value is -2.55. The van der Waals surface area contributed by atoms with Crippen molar-refractivity contribution in [2.75, 3.05) is 5.75 Å². The van der Waals surface area contributed by atoms with Crippen LogP contribution in [0.1, 0.15) is 12.5 Å². The fourth-order valence-electron chi connectivity index (χ4n) is 3.07. The summed E-state index contributed by atoms with van der Waals surface area (Å²) >= 11 is 25.4. The largest absolute Gasteiger partial charge is 0.272 e. The molecule has 4 rings (SSSR count). The SMILES string of the molecule is CC(=NNC(=O)CSc1nnc(-c2ccc(Cl)cc2)n1-c1ccc(Cl)cc1)c1ccc(Cl)c(Cl)c1. The molecule has 35 heavy (non-hydrogen) atoms. The summed E-state index contributed by atoms with van der Waals surface area (Å²) in [4.78, 5) is 12.5. The Labute approximate surface area is 226 Å². The van der Waals surface area contributed by atoms with Crippen LogP contribution in [0.15, 0.2) is 77.0 Å². The van der Waals surface area contributed by atoms with Gasteiger partial charge in [-0.3, -0.25) is 9.36 Å². The highest BCUT2D eigenvalue weighted by Gasteiger charge is 2.17. The Kier molecular flexibility index (Phi) is 8.36. The van der Waals surface area contributed by atoms with Crippen molar-refractivity contribution >= 4 is 69.8 Å². The Morgan fingerprint density at radius 1 is 0.914 bits per heavy atom. The zero-order chi connectivity index (χ0) is 24.9. The Morgan fingerprint density at radius 2 is 1.57 bits per heavy atom. The van der Waals surface area contributed by atoms with Crippen LogP contribution in [0, 0.1) is 0 Å². The van der Waals surface area contributed by atoms with Gasteiger partial charge < -0.3 is 0 Å². The molecule has 1 amide bonds. The van der Waals surface area contributed by atoms with Gasteiger partial charge in [-0.15, -0.1) is 10.2 Å². The Balaban J connectivity index is 1.52. The molecule has 11 heteroatoms. The zero-order valence-electron chi connectivity index (χ0n) is 18.2. The fraction of sp³-hybridized carbons (Fsp3) is 0.0833. The molecule has 1 aromatic heterocycles. The van der Waals surface area contributed by atoms with E-state index in [-0.39, 0.29) is 11.7 Å². The van der Waals surface area contributed by atoms with Gasteiger partial charge in [0.15, 0.2) is 11.0 Å². The molecule has 0 saturated carbocycles. The molecule has 0 aliphatic rings. The van der Waals surface area contributed by atoms with E-state index in [0.29, 0.717) is 36.8 Å². The number of hydrogen-bond acceptors (Lipinski definition) is 5. The van der Waals surface area contributed by atoms with Crippen LogP contribution in [0.5, 0.6) is 0 Å². The third kappa shape index (κ3) is 6.37. The van der Waals surface area contributed by atoms with Crippen LogP contribution in [-0.4, -0.2) is 32.1 Å².